The molecule has 0 fully saturated rings. The Morgan fingerprint density at radius 2 is 2.09 bits per heavy atom. The van der Waals surface area contributed by atoms with Gasteiger partial charge in [0, 0.05) is 5.41 Å². The van der Waals surface area contributed by atoms with Gasteiger partial charge < -0.3 is 0 Å². The molecule has 0 aliphatic heterocycles. The first-order valence-corrected chi connectivity index (χ1v) is 8.24. The molecule has 0 saturated carbocycles. The topological polar surface area (TPSA) is 0 Å². The Labute approximate surface area is 136 Å². The minimum atomic E-state index is 0.0248. The molecule has 0 amide bonds. The van der Waals surface area contributed by atoms with Gasteiger partial charge in [-0.25, -0.2) is 0 Å². The molecule has 2 unspecified atom stereocenters. The second-order valence-electron chi connectivity index (χ2n) is 6.51. The summed E-state index contributed by atoms with van der Waals surface area (Å²) in [6.45, 7) is 12.8. The largest absolute Gasteiger partial charge is 0.103 e. The Balaban J connectivity index is 2.47. The molecule has 116 valence electrons. The lowest BCUT2D eigenvalue weighted by Crippen LogP contribution is -2.22. The molecule has 0 radical (unpaired) electrons. The molecule has 0 spiro atoms. The van der Waals surface area contributed by atoms with E-state index >= 15 is 0 Å². The van der Waals surface area contributed by atoms with Crippen LogP contribution >= 0.6 is 0 Å². The number of benzene rings is 1. The van der Waals surface area contributed by atoms with Gasteiger partial charge in [0.1, 0.15) is 0 Å². The summed E-state index contributed by atoms with van der Waals surface area (Å²) in [6, 6.07) is 8.87. The molecule has 0 saturated heterocycles. The van der Waals surface area contributed by atoms with E-state index in [0.717, 1.165) is 12.8 Å². The van der Waals surface area contributed by atoms with Crippen molar-refractivity contribution in [3.63, 3.8) is 0 Å². The van der Waals surface area contributed by atoms with Crippen molar-refractivity contribution in [2.45, 2.75) is 46.0 Å². The van der Waals surface area contributed by atoms with Gasteiger partial charge in [-0.15, -0.1) is 6.58 Å². The van der Waals surface area contributed by atoms with Gasteiger partial charge in [-0.2, -0.15) is 0 Å². The number of fused-ring (bicyclic) bond motifs is 1. The summed E-state index contributed by atoms with van der Waals surface area (Å²) in [4.78, 5) is 0. The molecule has 2 rings (SSSR count). The van der Waals surface area contributed by atoms with Crippen LogP contribution in [0.4, 0.5) is 0 Å². The Kier molecular flexibility index (Phi) is 5.24. The predicted molar refractivity (Wildman–Crippen MR) is 98.1 cm³/mol. The summed E-state index contributed by atoms with van der Waals surface area (Å²) < 4.78 is 0. The Morgan fingerprint density at radius 3 is 2.77 bits per heavy atom. The third-order valence-corrected chi connectivity index (χ3v) is 5.06. The van der Waals surface area contributed by atoms with E-state index in [2.05, 4.69) is 82.8 Å². The van der Waals surface area contributed by atoms with E-state index in [1.54, 1.807) is 0 Å². The van der Waals surface area contributed by atoms with Crippen molar-refractivity contribution in [3.8, 4) is 0 Å². The third-order valence-electron chi connectivity index (χ3n) is 5.06. The maximum atomic E-state index is 3.90. The Morgan fingerprint density at radius 1 is 1.36 bits per heavy atom. The van der Waals surface area contributed by atoms with Crippen molar-refractivity contribution in [2.24, 2.45) is 5.92 Å². The lowest BCUT2D eigenvalue weighted by molar-refractivity contribution is 0.659. The molecule has 0 heterocycles. The van der Waals surface area contributed by atoms with E-state index in [0.29, 0.717) is 5.92 Å². The van der Waals surface area contributed by atoms with Crippen LogP contribution in [-0.4, -0.2) is 0 Å². The second kappa shape index (κ2) is 6.96. The van der Waals surface area contributed by atoms with Crippen LogP contribution in [0.15, 0.2) is 72.4 Å². The number of hydrogen-bond donors (Lipinski definition) is 0. The first-order chi connectivity index (χ1) is 10.5. The highest BCUT2D eigenvalue weighted by molar-refractivity contribution is 5.57. The maximum absolute atomic E-state index is 3.90. The molecule has 0 aromatic heterocycles. The van der Waals surface area contributed by atoms with E-state index in [-0.39, 0.29) is 5.41 Å². The van der Waals surface area contributed by atoms with Crippen LogP contribution < -0.4 is 0 Å². The normalized spacial score (nSPS) is 24.7. The van der Waals surface area contributed by atoms with Gasteiger partial charge in [0.05, 0.1) is 0 Å². The van der Waals surface area contributed by atoms with Gasteiger partial charge in [-0.05, 0) is 50.7 Å². The highest BCUT2D eigenvalue weighted by Gasteiger charge is 2.39. The fourth-order valence-corrected chi connectivity index (χ4v) is 3.28. The van der Waals surface area contributed by atoms with Crippen molar-refractivity contribution in [1.82, 2.24) is 0 Å². The lowest BCUT2D eigenvalue weighted by Gasteiger charge is -2.30. The molecule has 0 nitrogen and oxygen atoms in total. The standard InChI is InChI=1S/C22H28/c1-6-8-12-20-16-19-11-9-10-13-21(19)22(20,5)18(4)15-14-17(3)7-2/h6-13,15,17H,2,14,16H2,1,3-5H3/b8-6-,18-15+,20-12+. The summed E-state index contributed by atoms with van der Waals surface area (Å²) in [5, 5.41) is 0. The SMILES string of the molecule is C=CC(C)C/C=C(\C)C1(C)/C(=C/C=C\C)Cc2ccccc21. The minimum Gasteiger partial charge on any atom is -0.103 e. The lowest BCUT2D eigenvalue weighted by atomic mass is 9.74. The van der Waals surface area contributed by atoms with Gasteiger partial charge in [0.15, 0.2) is 0 Å². The van der Waals surface area contributed by atoms with Crippen molar-refractivity contribution in [1.29, 1.82) is 0 Å². The molecule has 0 N–H and O–H groups in total. The molecular weight excluding hydrogens is 264 g/mol. The molecule has 1 aromatic rings. The van der Waals surface area contributed by atoms with Gasteiger partial charge in [-0.3, -0.25) is 0 Å². The zero-order valence-electron chi connectivity index (χ0n) is 14.4. The van der Waals surface area contributed by atoms with Crippen LogP contribution in [0.1, 0.15) is 45.2 Å². The van der Waals surface area contributed by atoms with Crippen molar-refractivity contribution in [2.75, 3.05) is 0 Å². The third kappa shape index (κ3) is 3.02. The fourth-order valence-electron chi connectivity index (χ4n) is 3.28. The van der Waals surface area contributed by atoms with E-state index in [1.165, 1.54) is 22.3 Å². The van der Waals surface area contributed by atoms with Crippen LogP contribution in [0.25, 0.3) is 0 Å². The van der Waals surface area contributed by atoms with Crippen LogP contribution in [0, 0.1) is 5.92 Å². The van der Waals surface area contributed by atoms with Crippen LogP contribution in [0.2, 0.25) is 0 Å². The molecule has 2 atom stereocenters. The molecule has 1 aliphatic carbocycles. The maximum Gasteiger partial charge on any atom is 0.0348 e. The number of hydrogen-bond acceptors (Lipinski definition) is 0. The molecular formula is C22H28. The fraction of sp³-hybridized carbons (Fsp3) is 0.364. The molecule has 1 aliphatic rings. The van der Waals surface area contributed by atoms with Gasteiger partial charge in [0.25, 0.3) is 0 Å². The monoisotopic (exact) mass is 292 g/mol. The molecule has 0 bridgehead atoms. The highest BCUT2D eigenvalue weighted by atomic mass is 14.4. The van der Waals surface area contributed by atoms with Crippen molar-refractivity contribution >= 4 is 0 Å². The smallest absolute Gasteiger partial charge is 0.0348 e. The van der Waals surface area contributed by atoms with Crippen LogP contribution in [0.5, 0.6) is 0 Å². The van der Waals surface area contributed by atoms with E-state index in [4.69, 9.17) is 0 Å². The molecule has 22 heavy (non-hydrogen) atoms. The Hall–Kier alpha value is -1.82. The zero-order valence-corrected chi connectivity index (χ0v) is 14.4. The zero-order chi connectivity index (χ0) is 16.2. The second-order valence-corrected chi connectivity index (χ2v) is 6.51. The Bertz CT molecular complexity index is 627. The average Bonchev–Trinajstić information content (AvgIpc) is 2.84. The predicted octanol–water partition coefficient (Wildman–Crippen LogP) is 6.16. The first kappa shape index (κ1) is 16.5. The summed E-state index contributed by atoms with van der Waals surface area (Å²) in [6.07, 6.45) is 13.1. The summed E-state index contributed by atoms with van der Waals surface area (Å²) >= 11 is 0. The van der Waals surface area contributed by atoms with E-state index in [9.17, 15) is 0 Å². The van der Waals surface area contributed by atoms with Crippen LogP contribution in [0.3, 0.4) is 0 Å². The van der Waals surface area contributed by atoms with Crippen LogP contribution in [-0.2, 0) is 11.8 Å². The molecule has 1 aromatic carbocycles. The summed E-state index contributed by atoms with van der Waals surface area (Å²) in [5.41, 5.74) is 5.89. The van der Waals surface area contributed by atoms with E-state index < -0.39 is 0 Å². The van der Waals surface area contributed by atoms with Gasteiger partial charge in [0.2, 0.25) is 0 Å². The average molecular weight is 292 g/mol. The van der Waals surface area contributed by atoms with E-state index in [1.807, 2.05) is 6.08 Å². The molecule has 0 heteroatoms. The summed E-state index contributed by atoms with van der Waals surface area (Å²) in [7, 11) is 0. The number of allylic oxidation sites excluding steroid dienone is 7. The van der Waals surface area contributed by atoms with Crippen molar-refractivity contribution in [3.05, 3.63) is 83.5 Å². The summed E-state index contributed by atoms with van der Waals surface area (Å²) in [5.74, 6) is 0.526. The number of rotatable bonds is 5. The van der Waals surface area contributed by atoms with Gasteiger partial charge in [-0.1, -0.05) is 72.7 Å². The van der Waals surface area contributed by atoms with Crippen molar-refractivity contribution < 1.29 is 0 Å². The quantitative estimate of drug-likeness (QED) is 0.570. The highest BCUT2D eigenvalue weighted by Crippen LogP contribution is 2.47. The van der Waals surface area contributed by atoms with Gasteiger partial charge >= 0.3 is 0 Å². The minimum absolute atomic E-state index is 0.0248. The first-order valence-electron chi connectivity index (χ1n) is 8.24.